The van der Waals surface area contributed by atoms with Gasteiger partial charge in [-0.2, -0.15) is 0 Å². The third kappa shape index (κ3) is 1.71. The minimum atomic E-state index is 0.589. The van der Waals surface area contributed by atoms with Crippen molar-refractivity contribution in [2.75, 3.05) is 0 Å². The van der Waals surface area contributed by atoms with Gasteiger partial charge in [0.2, 0.25) is 0 Å². The maximum atomic E-state index is 5.83. The highest BCUT2D eigenvalue weighted by Gasteiger charge is 2.12. The topological polar surface area (TPSA) is 12.9 Å². The van der Waals surface area contributed by atoms with Gasteiger partial charge in [0, 0.05) is 17.3 Å². The maximum absolute atomic E-state index is 5.83. The summed E-state index contributed by atoms with van der Waals surface area (Å²) >= 11 is 5.83. The molecule has 0 amide bonds. The van der Waals surface area contributed by atoms with Gasteiger partial charge in [-0.3, -0.25) is 4.98 Å². The number of hydrogen-bond acceptors (Lipinski definition) is 1. The number of alkyl halides is 1. The van der Waals surface area contributed by atoms with Crippen molar-refractivity contribution in [3.63, 3.8) is 0 Å². The summed E-state index contributed by atoms with van der Waals surface area (Å²) in [5.41, 5.74) is 5.03. The zero-order chi connectivity index (χ0) is 9.26. The Hall–Kier alpha value is -0.560. The van der Waals surface area contributed by atoms with Crippen LogP contribution in [-0.2, 0) is 18.7 Å². The highest BCUT2D eigenvalue weighted by atomic mass is 35.5. The summed E-state index contributed by atoms with van der Waals surface area (Å²) in [6.45, 7) is 2.05. The highest BCUT2D eigenvalue weighted by molar-refractivity contribution is 6.17. The van der Waals surface area contributed by atoms with Crippen LogP contribution in [0.15, 0.2) is 6.07 Å². The molecule has 2 rings (SSSR count). The van der Waals surface area contributed by atoms with Gasteiger partial charge in [0.05, 0.1) is 0 Å². The summed E-state index contributed by atoms with van der Waals surface area (Å²) in [5, 5.41) is 0. The van der Waals surface area contributed by atoms with Gasteiger partial charge in [0.15, 0.2) is 0 Å². The zero-order valence-corrected chi connectivity index (χ0v) is 8.69. The number of aromatic nitrogens is 1. The van der Waals surface area contributed by atoms with Crippen molar-refractivity contribution in [3.05, 3.63) is 28.6 Å². The van der Waals surface area contributed by atoms with E-state index in [0.717, 1.165) is 12.1 Å². The second kappa shape index (κ2) is 3.67. The normalized spacial score (nSPS) is 15.5. The predicted molar refractivity (Wildman–Crippen MR) is 55.2 cm³/mol. The molecule has 0 saturated carbocycles. The lowest BCUT2D eigenvalue weighted by Crippen LogP contribution is -2.07. The molecule has 1 aromatic rings. The number of aryl methyl sites for hydroxylation is 3. The number of fused-ring (bicyclic) bond motifs is 1. The highest BCUT2D eigenvalue weighted by Crippen LogP contribution is 2.22. The lowest BCUT2D eigenvalue weighted by atomic mass is 9.94. The molecule has 1 aliphatic carbocycles. The van der Waals surface area contributed by atoms with Crippen molar-refractivity contribution in [3.8, 4) is 0 Å². The van der Waals surface area contributed by atoms with Gasteiger partial charge >= 0.3 is 0 Å². The molecule has 0 saturated heterocycles. The van der Waals surface area contributed by atoms with Crippen LogP contribution in [0.25, 0.3) is 0 Å². The molecule has 0 unspecified atom stereocenters. The van der Waals surface area contributed by atoms with Gasteiger partial charge in [-0.25, -0.2) is 0 Å². The zero-order valence-electron chi connectivity index (χ0n) is 7.94. The van der Waals surface area contributed by atoms with E-state index in [1.54, 1.807) is 0 Å². The molecular formula is C11H14ClN. The predicted octanol–water partition coefficient (Wildman–Crippen LogP) is 3.01. The Morgan fingerprint density at radius 3 is 2.92 bits per heavy atom. The Labute approximate surface area is 84.1 Å². The molecule has 13 heavy (non-hydrogen) atoms. The summed E-state index contributed by atoms with van der Waals surface area (Å²) in [6.07, 6.45) is 4.93. The largest absolute Gasteiger partial charge is 0.258 e. The number of hydrogen-bond donors (Lipinski definition) is 0. The molecule has 0 aliphatic heterocycles. The maximum Gasteiger partial charge on any atom is 0.0492 e. The fraction of sp³-hybridized carbons (Fsp3) is 0.545. The number of rotatable bonds is 1. The molecular weight excluding hydrogens is 182 g/mol. The fourth-order valence-electron chi connectivity index (χ4n) is 1.92. The summed E-state index contributed by atoms with van der Waals surface area (Å²) in [7, 11) is 0. The number of halogens is 1. The average molecular weight is 196 g/mol. The van der Waals surface area contributed by atoms with E-state index in [1.165, 1.54) is 36.1 Å². The summed E-state index contributed by atoms with van der Waals surface area (Å²) in [6, 6.07) is 2.24. The van der Waals surface area contributed by atoms with Crippen LogP contribution in [0, 0.1) is 6.92 Å². The van der Waals surface area contributed by atoms with Crippen LogP contribution >= 0.6 is 11.6 Å². The first-order valence-corrected chi connectivity index (χ1v) is 5.39. The SMILES string of the molecule is Cc1nc2c(cc1CCl)CCCC2. The Kier molecular flexibility index (Phi) is 2.54. The summed E-state index contributed by atoms with van der Waals surface area (Å²) in [5.74, 6) is 0.589. The van der Waals surface area contributed by atoms with Gasteiger partial charge in [-0.05, 0) is 43.7 Å². The molecule has 0 fully saturated rings. The first-order chi connectivity index (χ1) is 6.31. The molecule has 70 valence electrons. The van der Waals surface area contributed by atoms with E-state index in [4.69, 9.17) is 11.6 Å². The van der Waals surface area contributed by atoms with Gasteiger partial charge in [0.25, 0.3) is 0 Å². The van der Waals surface area contributed by atoms with E-state index in [1.807, 2.05) is 6.92 Å². The van der Waals surface area contributed by atoms with Gasteiger partial charge in [-0.15, -0.1) is 11.6 Å². The molecule has 0 N–H and O–H groups in total. The molecule has 1 aromatic heterocycles. The molecule has 0 spiro atoms. The molecule has 1 heterocycles. The van der Waals surface area contributed by atoms with Crippen molar-refractivity contribution in [2.24, 2.45) is 0 Å². The van der Waals surface area contributed by atoms with Crippen LogP contribution < -0.4 is 0 Å². The van der Waals surface area contributed by atoms with Gasteiger partial charge in [0.1, 0.15) is 0 Å². The Morgan fingerprint density at radius 2 is 2.15 bits per heavy atom. The smallest absolute Gasteiger partial charge is 0.0492 e. The van der Waals surface area contributed by atoms with Gasteiger partial charge < -0.3 is 0 Å². The third-order valence-corrected chi connectivity index (χ3v) is 3.03. The van der Waals surface area contributed by atoms with Crippen molar-refractivity contribution in [1.29, 1.82) is 0 Å². The summed E-state index contributed by atoms with van der Waals surface area (Å²) in [4.78, 5) is 4.60. The molecule has 1 nitrogen and oxygen atoms in total. The van der Waals surface area contributed by atoms with Crippen LogP contribution in [0.3, 0.4) is 0 Å². The van der Waals surface area contributed by atoms with E-state index in [9.17, 15) is 0 Å². The van der Waals surface area contributed by atoms with E-state index >= 15 is 0 Å². The van der Waals surface area contributed by atoms with Crippen LogP contribution in [0.1, 0.15) is 35.4 Å². The number of pyridine rings is 1. The van der Waals surface area contributed by atoms with Crippen molar-refractivity contribution >= 4 is 11.6 Å². The fourth-order valence-corrected chi connectivity index (χ4v) is 2.19. The molecule has 0 atom stereocenters. The van der Waals surface area contributed by atoms with Crippen molar-refractivity contribution < 1.29 is 0 Å². The second-order valence-electron chi connectivity index (χ2n) is 3.68. The minimum absolute atomic E-state index is 0.589. The monoisotopic (exact) mass is 195 g/mol. The Morgan fingerprint density at radius 1 is 1.38 bits per heavy atom. The lowest BCUT2D eigenvalue weighted by molar-refractivity contribution is 0.664. The third-order valence-electron chi connectivity index (χ3n) is 2.74. The second-order valence-corrected chi connectivity index (χ2v) is 3.95. The summed E-state index contributed by atoms with van der Waals surface area (Å²) < 4.78 is 0. The molecule has 0 aromatic carbocycles. The van der Waals surface area contributed by atoms with E-state index in [0.29, 0.717) is 5.88 Å². The minimum Gasteiger partial charge on any atom is -0.258 e. The molecule has 0 bridgehead atoms. The van der Waals surface area contributed by atoms with Crippen molar-refractivity contribution in [2.45, 2.75) is 38.5 Å². The average Bonchev–Trinajstić information content (AvgIpc) is 2.17. The first kappa shape index (κ1) is 9.01. The van der Waals surface area contributed by atoms with E-state index in [-0.39, 0.29) is 0 Å². The lowest BCUT2D eigenvalue weighted by Gasteiger charge is -2.16. The molecule has 1 aliphatic rings. The van der Waals surface area contributed by atoms with Gasteiger partial charge in [-0.1, -0.05) is 6.07 Å². The van der Waals surface area contributed by atoms with Crippen LogP contribution in [0.5, 0.6) is 0 Å². The standard InChI is InChI=1S/C11H14ClN/c1-8-10(7-12)6-9-4-2-3-5-11(9)13-8/h6H,2-5,7H2,1H3. The van der Waals surface area contributed by atoms with Crippen LogP contribution in [-0.4, -0.2) is 4.98 Å². The van der Waals surface area contributed by atoms with Crippen LogP contribution in [0.4, 0.5) is 0 Å². The molecule has 0 radical (unpaired) electrons. The Bertz CT molecular complexity index is 320. The quantitative estimate of drug-likeness (QED) is 0.628. The van der Waals surface area contributed by atoms with Crippen molar-refractivity contribution in [1.82, 2.24) is 4.98 Å². The van der Waals surface area contributed by atoms with Crippen LogP contribution in [0.2, 0.25) is 0 Å². The number of nitrogens with zero attached hydrogens (tertiary/aromatic N) is 1. The first-order valence-electron chi connectivity index (χ1n) is 4.85. The Balaban J connectivity index is 2.44. The van der Waals surface area contributed by atoms with E-state index < -0.39 is 0 Å². The van der Waals surface area contributed by atoms with E-state index in [2.05, 4.69) is 11.1 Å². The molecule has 2 heteroatoms.